The lowest BCUT2D eigenvalue weighted by molar-refractivity contribution is 0.619. The van der Waals surface area contributed by atoms with E-state index in [0.29, 0.717) is 11.7 Å². The molecule has 0 aliphatic rings. The SMILES string of the molecule is CCNCc1cc(F)ccc1Sc1ncc(C)cn1. The van der Waals surface area contributed by atoms with E-state index in [1.807, 2.05) is 13.8 Å². The van der Waals surface area contributed by atoms with E-state index in [9.17, 15) is 4.39 Å². The number of aryl methyl sites for hydroxylation is 1. The Morgan fingerprint density at radius 1 is 1.26 bits per heavy atom. The van der Waals surface area contributed by atoms with Crippen LogP contribution in [0.25, 0.3) is 0 Å². The summed E-state index contributed by atoms with van der Waals surface area (Å²) in [5.74, 6) is -0.220. The minimum Gasteiger partial charge on any atom is -0.313 e. The topological polar surface area (TPSA) is 37.8 Å². The molecule has 0 saturated heterocycles. The Morgan fingerprint density at radius 3 is 2.68 bits per heavy atom. The molecule has 0 aliphatic carbocycles. The van der Waals surface area contributed by atoms with Crippen LogP contribution >= 0.6 is 11.8 Å². The summed E-state index contributed by atoms with van der Waals surface area (Å²) in [6.07, 6.45) is 3.56. The Morgan fingerprint density at radius 2 is 2.00 bits per heavy atom. The third-order valence-corrected chi connectivity index (χ3v) is 3.56. The maximum absolute atomic E-state index is 13.3. The number of nitrogens with zero attached hydrogens (tertiary/aromatic N) is 2. The molecule has 19 heavy (non-hydrogen) atoms. The molecule has 0 spiro atoms. The second kappa shape index (κ2) is 6.63. The molecule has 0 radical (unpaired) electrons. The van der Waals surface area contributed by atoms with Crippen molar-refractivity contribution in [2.24, 2.45) is 0 Å². The first-order chi connectivity index (χ1) is 9.19. The van der Waals surface area contributed by atoms with Gasteiger partial charge in [-0.1, -0.05) is 6.92 Å². The molecular formula is C14H16FN3S. The Hall–Kier alpha value is -1.46. The highest BCUT2D eigenvalue weighted by molar-refractivity contribution is 7.99. The van der Waals surface area contributed by atoms with Crippen molar-refractivity contribution in [2.75, 3.05) is 6.54 Å². The van der Waals surface area contributed by atoms with Crippen molar-refractivity contribution in [1.82, 2.24) is 15.3 Å². The maximum atomic E-state index is 13.3. The second-order valence-electron chi connectivity index (χ2n) is 4.18. The van der Waals surface area contributed by atoms with Crippen molar-refractivity contribution in [3.63, 3.8) is 0 Å². The summed E-state index contributed by atoms with van der Waals surface area (Å²) in [6, 6.07) is 4.79. The van der Waals surface area contributed by atoms with Crippen LogP contribution in [0.3, 0.4) is 0 Å². The number of halogens is 1. The van der Waals surface area contributed by atoms with Gasteiger partial charge in [0.1, 0.15) is 5.82 Å². The highest BCUT2D eigenvalue weighted by Gasteiger charge is 2.07. The standard InChI is InChI=1S/C14H16FN3S/c1-3-16-9-11-6-12(15)4-5-13(11)19-14-17-7-10(2)8-18-14/h4-8,16H,3,9H2,1-2H3. The van der Waals surface area contributed by atoms with E-state index in [4.69, 9.17) is 0 Å². The number of nitrogens with one attached hydrogen (secondary N) is 1. The molecule has 0 bridgehead atoms. The van der Waals surface area contributed by atoms with Gasteiger partial charge in [-0.25, -0.2) is 14.4 Å². The first-order valence-electron chi connectivity index (χ1n) is 6.14. The fourth-order valence-corrected chi connectivity index (χ4v) is 2.38. The minimum absolute atomic E-state index is 0.220. The van der Waals surface area contributed by atoms with E-state index < -0.39 is 0 Å². The van der Waals surface area contributed by atoms with E-state index in [0.717, 1.165) is 22.6 Å². The summed E-state index contributed by atoms with van der Waals surface area (Å²) in [5.41, 5.74) is 1.95. The van der Waals surface area contributed by atoms with Crippen LogP contribution in [-0.2, 0) is 6.54 Å². The van der Waals surface area contributed by atoms with Gasteiger partial charge < -0.3 is 5.32 Å². The average Bonchev–Trinajstić information content (AvgIpc) is 2.41. The molecule has 100 valence electrons. The zero-order valence-electron chi connectivity index (χ0n) is 11.0. The molecule has 0 aliphatic heterocycles. The van der Waals surface area contributed by atoms with Crippen LogP contribution in [0, 0.1) is 12.7 Å². The zero-order valence-corrected chi connectivity index (χ0v) is 11.8. The molecule has 1 N–H and O–H groups in total. The van der Waals surface area contributed by atoms with Crippen molar-refractivity contribution in [2.45, 2.75) is 30.4 Å². The fourth-order valence-electron chi connectivity index (χ4n) is 1.58. The van der Waals surface area contributed by atoms with Crippen molar-refractivity contribution in [3.05, 3.63) is 47.5 Å². The molecule has 1 aromatic heterocycles. The predicted octanol–water partition coefficient (Wildman–Crippen LogP) is 3.18. The van der Waals surface area contributed by atoms with Crippen LogP contribution in [0.1, 0.15) is 18.1 Å². The average molecular weight is 277 g/mol. The molecule has 0 atom stereocenters. The Labute approximate surface area is 116 Å². The van der Waals surface area contributed by atoms with Gasteiger partial charge in [-0.2, -0.15) is 0 Å². The zero-order chi connectivity index (χ0) is 13.7. The van der Waals surface area contributed by atoms with E-state index in [1.54, 1.807) is 24.5 Å². The van der Waals surface area contributed by atoms with Gasteiger partial charge in [-0.05, 0) is 54.6 Å². The molecule has 2 rings (SSSR count). The highest BCUT2D eigenvalue weighted by Crippen LogP contribution is 2.28. The third-order valence-electron chi connectivity index (χ3n) is 2.55. The lowest BCUT2D eigenvalue weighted by Gasteiger charge is -2.09. The van der Waals surface area contributed by atoms with Crippen LogP contribution in [-0.4, -0.2) is 16.5 Å². The minimum atomic E-state index is -0.220. The second-order valence-corrected chi connectivity index (χ2v) is 5.19. The maximum Gasteiger partial charge on any atom is 0.192 e. The summed E-state index contributed by atoms with van der Waals surface area (Å²) in [4.78, 5) is 9.49. The molecule has 0 amide bonds. The number of hydrogen-bond donors (Lipinski definition) is 1. The third kappa shape index (κ3) is 4.01. The number of benzene rings is 1. The van der Waals surface area contributed by atoms with Crippen LogP contribution in [0.5, 0.6) is 0 Å². The van der Waals surface area contributed by atoms with E-state index in [2.05, 4.69) is 15.3 Å². The van der Waals surface area contributed by atoms with Gasteiger partial charge in [0.05, 0.1) is 0 Å². The van der Waals surface area contributed by atoms with Crippen molar-refractivity contribution in [1.29, 1.82) is 0 Å². The largest absolute Gasteiger partial charge is 0.313 e. The van der Waals surface area contributed by atoms with Gasteiger partial charge in [-0.15, -0.1) is 0 Å². The molecule has 1 aromatic carbocycles. The van der Waals surface area contributed by atoms with Crippen LogP contribution in [0.4, 0.5) is 4.39 Å². The molecule has 0 saturated carbocycles. The molecule has 0 unspecified atom stereocenters. The van der Waals surface area contributed by atoms with Crippen LogP contribution in [0.2, 0.25) is 0 Å². The lowest BCUT2D eigenvalue weighted by Crippen LogP contribution is -2.12. The summed E-state index contributed by atoms with van der Waals surface area (Å²) in [6.45, 7) is 5.46. The number of aromatic nitrogens is 2. The molecule has 1 heterocycles. The molecule has 5 heteroatoms. The van der Waals surface area contributed by atoms with Crippen LogP contribution in [0.15, 0.2) is 40.6 Å². The number of hydrogen-bond acceptors (Lipinski definition) is 4. The van der Waals surface area contributed by atoms with Gasteiger partial charge in [0, 0.05) is 23.8 Å². The smallest absolute Gasteiger partial charge is 0.192 e. The number of rotatable bonds is 5. The molecular weight excluding hydrogens is 261 g/mol. The lowest BCUT2D eigenvalue weighted by atomic mass is 10.2. The van der Waals surface area contributed by atoms with Crippen molar-refractivity contribution >= 4 is 11.8 Å². The van der Waals surface area contributed by atoms with Gasteiger partial charge in [0.15, 0.2) is 5.16 Å². The Bertz CT molecular complexity index is 543. The van der Waals surface area contributed by atoms with Gasteiger partial charge in [0.25, 0.3) is 0 Å². The Kier molecular flexibility index (Phi) is 4.87. The summed E-state index contributed by atoms with van der Waals surface area (Å²) in [7, 11) is 0. The van der Waals surface area contributed by atoms with Crippen LogP contribution < -0.4 is 5.32 Å². The molecule has 2 aromatic rings. The first kappa shape index (κ1) is 14.0. The van der Waals surface area contributed by atoms with E-state index in [1.165, 1.54) is 17.8 Å². The van der Waals surface area contributed by atoms with Gasteiger partial charge in [-0.3, -0.25) is 0 Å². The molecule has 3 nitrogen and oxygen atoms in total. The monoisotopic (exact) mass is 277 g/mol. The molecule has 0 fully saturated rings. The fraction of sp³-hybridized carbons (Fsp3) is 0.286. The normalized spacial score (nSPS) is 10.7. The van der Waals surface area contributed by atoms with Crippen molar-refractivity contribution < 1.29 is 4.39 Å². The summed E-state index contributed by atoms with van der Waals surface area (Å²) < 4.78 is 13.3. The van der Waals surface area contributed by atoms with Crippen molar-refractivity contribution in [3.8, 4) is 0 Å². The summed E-state index contributed by atoms with van der Waals surface area (Å²) >= 11 is 1.45. The first-order valence-corrected chi connectivity index (χ1v) is 6.96. The van der Waals surface area contributed by atoms with E-state index in [-0.39, 0.29) is 5.82 Å². The van der Waals surface area contributed by atoms with Gasteiger partial charge in [0.2, 0.25) is 0 Å². The quantitative estimate of drug-likeness (QED) is 0.852. The predicted molar refractivity (Wildman–Crippen MR) is 74.7 cm³/mol. The van der Waals surface area contributed by atoms with Gasteiger partial charge >= 0.3 is 0 Å². The van der Waals surface area contributed by atoms with E-state index >= 15 is 0 Å². The summed E-state index contributed by atoms with van der Waals surface area (Å²) in [5, 5.41) is 3.88. The Balaban J connectivity index is 2.20. The highest BCUT2D eigenvalue weighted by atomic mass is 32.2.